The lowest BCUT2D eigenvalue weighted by atomic mass is 9.89. The second-order valence-corrected chi connectivity index (χ2v) is 8.52. The molecule has 2 rings (SSSR count). The van der Waals surface area contributed by atoms with Crippen molar-refractivity contribution in [3.8, 4) is 0 Å². The summed E-state index contributed by atoms with van der Waals surface area (Å²) in [6, 6.07) is 10.1. The van der Waals surface area contributed by atoms with E-state index < -0.39 is 10.0 Å². The summed E-state index contributed by atoms with van der Waals surface area (Å²) in [5.74, 6) is 0.878. The summed E-state index contributed by atoms with van der Waals surface area (Å²) < 4.78 is 26.9. The van der Waals surface area contributed by atoms with Crippen LogP contribution in [0, 0.1) is 11.8 Å². The maximum absolute atomic E-state index is 12.6. The van der Waals surface area contributed by atoms with Crippen LogP contribution in [0.15, 0.2) is 30.3 Å². The van der Waals surface area contributed by atoms with Crippen molar-refractivity contribution >= 4 is 10.0 Å². The molecule has 1 aliphatic heterocycles. The largest absolute Gasteiger partial charge is 0.330 e. The summed E-state index contributed by atoms with van der Waals surface area (Å²) in [6.45, 7) is 5.75. The van der Waals surface area contributed by atoms with Crippen molar-refractivity contribution in [3.63, 3.8) is 0 Å². The highest BCUT2D eigenvalue weighted by molar-refractivity contribution is 7.89. The third-order valence-corrected chi connectivity index (χ3v) is 6.68. The Kier molecular flexibility index (Phi) is 6.01. The van der Waals surface area contributed by atoms with Crippen molar-refractivity contribution in [1.29, 1.82) is 0 Å². The van der Waals surface area contributed by atoms with Crippen LogP contribution < -0.4 is 5.73 Å². The van der Waals surface area contributed by atoms with Gasteiger partial charge in [-0.1, -0.05) is 50.6 Å². The molecule has 1 aliphatic rings. The first-order valence-corrected chi connectivity index (χ1v) is 9.81. The normalized spacial score (nSPS) is 24.5. The van der Waals surface area contributed by atoms with Crippen molar-refractivity contribution in [1.82, 2.24) is 4.31 Å². The molecule has 0 spiro atoms. The fraction of sp³-hybridized carbons (Fsp3) is 0.647. The third kappa shape index (κ3) is 4.09. The molecule has 1 aromatic carbocycles. The van der Waals surface area contributed by atoms with Crippen LogP contribution in [0.2, 0.25) is 0 Å². The van der Waals surface area contributed by atoms with Gasteiger partial charge in [0, 0.05) is 19.0 Å². The van der Waals surface area contributed by atoms with Crippen LogP contribution in [0.25, 0.3) is 0 Å². The fourth-order valence-corrected chi connectivity index (χ4v) is 5.32. The molecule has 1 aromatic rings. The molecular formula is C17H28N2O2S. The minimum atomic E-state index is -3.19. The second kappa shape index (κ2) is 7.57. The lowest BCUT2D eigenvalue weighted by Crippen LogP contribution is -2.33. The molecule has 0 radical (unpaired) electrons. The summed E-state index contributed by atoms with van der Waals surface area (Å²) in [6.07, 6.45) is 1.98. The summed E-state index contributed by atoms with van der Waals surface area (Å²) in [7, 11) is -3.19. The zero-order chi connectivity index (χ0) is 16.2. The number of hydrogen-bond donors (Lipinski definition) is 1. The van der Waals surface area contributed by atoms with Crippen LogP contribution in [-0.2, 0) is 10.0 Å². The molecule has 0 bridgehead atoms. The first-order chi connectivity index (χ1) is 10.5. The van der Waals surface area contributed by atoms with E-state index in [0.29, 0.717) is 19.6 Å². The molecule has 22 heavy (non-hydrogen) atoms. The number of benzene rings is 1. The monoisotopic (exact) mass is 324 g/mol. The summed E-state index contributed by atoms with van der Waals surface area (Å²) in [5.41, 5.74) is 7.09. The standard InChI is InChI=1S/C17H28N2O2S/c1-3-7-14(2)13-22(20,21)19-11-16(10-18)17(12-19)15-8-5-4-6-9-15/h4-6,8-9,14,16-17H,3,7,10-13,18H2,1-2H3/t14?,16-,17+/m1/s1. The molecule has 5 heteroatoms. The summed E-state index contributed by atoms with van der Waals surface area (Å²) >= 11 is 0. The quantitative estimate of drug-likeness (QED) is 0.838. The number of rotatable bonds is 7. The van der Waals surface area contributed by atoms with E-state index >= 15 is 0 Å². The molecule has 1 saturated heterocycles. The van der Waals surface area contributed by atoms with Gasteiger partial charge in [0.25, 0.3) is 0 Å². The van der Waals surface area contributed by atoms with E-state index in [1.54, 1.807) is 4.31 Å². The van der Waals surface area contributed by atoms with Crippen molar-refractivity contribution in [2.45, 2.75) is 32.6 Å². The minimum absolute atomic E-state index is 0.207. The van der Waals surface area contributed by atoms with E-state index in [9.17, 15) is 8.42 Å². The van der Waals surface area contributed by atoms with E-state index in [1.807, 2.05) is 25.1 Å². The highest BCUT2D eigenvalue weighted by Crippen LogP contribution is 2.34. The number of nitrogens with zero attached hydrogens (tertiary/aromatic N) is 1. The molecular weight excluding hydrogens is 296 g/mol. The first-order valence-electron chi connectivity index (χ1n) is 8.20. The molecule has 2 N–H and O–H groups in total. The van der Waals surface area contributed by atoms with Gasteiger partial charge < -0.3 is 5.73 Å². The lowest BCUT2D eigenvalue weighted by Gasteiger charge is -2.19. The maximum atomic E-state index is 12.6. The first kappa shape index (κ1) is 17.4. The topological polar surface area (TPSA) is 63.4 Å². The smallest absolute Gasteiger partial charge is 0.214 e. The Hall–Kier alpha value is -0.910. The van der Waals surface area contributed by atoms with Gasteiger partial charge in [-0.15, -0.1) is 0 Å². The van der Waals surface area contributed by atoms with Gasteiger partial charge in [-0.05, 0) is 30.4 Å². The molecule has 1 heterocycles. The van der Waals surface area contributed by atoms with Gasteiger partial charge >= 0.3 is 0 Å². The molecule has 4 nitrogen and oxygen atoms in total. The SMILES string of the molecule is CCCC(C)CS(=O)(=O)N1C[C@@H](CN)[C@H](c2ccccc2)C1. The van der Waals surface area contributed by atoms with Crippen LogP contribution >= 0.6 is 0 Å². The Morgan fingerprint density at radius 2 is 1.95 bits per heavy atom. The predicted octanol–water partition coefficient (Wildman–Crippen LogP) is 2.43. The van der Waals surface area contributed by atoms with Gasteiger partial charge in [-0.25, -0.2) is 12.7 Å². The van der Waals surface area contributed by atoms with E-state index in [2.05, 4.69) is 19.1 Å². The van der Waals surface area contributed by atoms with Crippen molar-refractivity contribution in [3.05, 3.63) is 35.9 Å². The average molecular weight is 324 g/mol. The Bertz CT molecular complexity index is 559. The van der Waals surface area contributed by atoms with Crippen LogP contribution in [-0.4, -0.2) is 38.1 Å². The van der Waals surface area contributed by atoms with E-state index in [1.165, 1.54) is 5.56 Å². The highest BCUT2D eigenvalue weighted by Gasteiger charge is 2.38. The molecule has 0 saturated carbocycles. The van der Waals surface area contributed by atoms with Crippen LogP contribution in [0.4, 0.5) is 0 Å². The van der Waals surface area contributed by atoms with Crippen LogP contribution in [0.5, 0.6) is 0 Å². The zero-order valence-electron chi connectivity index (χ0n) is 13.6. The summed E-state index contributed by atoms with van der Waals surface area (Å²) in [5, 5.41) is 0. The third-order valence-electron chi connectivity index (χ3n) is 4.61. The molecule has 3 atom stereocenters. The van der Waals surface area contributed by atoms with Gasteiger partial charge in [0.15, 0.2) is 0 Å². The molecule has 0 aliphatic carbocycles. The van der Waals surface area contributed by atoms with Gasteiger partial charge in [0.1, 0.15) is 0 Å². The van der Waals surface area contributed by atoms with Gasteiger partial charge in [-0.3, -0.25) is 0 Å². The molecule has 0 amide bonds. The summed E-state index contributed by atoms with van der Waals surface area (Å²) in [4.78, 5) is 0. The van der Waals surface area contributed by atoms with E-state index in [4.69, 9.17) is 5.73 Å². The number of nitrogens with two attached hydrogens (primary N) is 1. The van der Waals surface area contributed by atoms with Gasteiger partial charge in [-0.2, -0.15) is 0 Å². The van der Waals surface area contributed by atoms with Crippen LogP contribution in [0.3, 0.4) is 0 Å². The van der Waals surface area contributed by atoms with Gasteiger partial charge in [0.05, 0.1) is 5.75 Å². The van der Waals surface area contributed by atoms with Crippen molar-refractivity contribution in [2.24, 2.45) is 17.6 Å². The minimum Gasteiger partial charge on any atom is -0.330 e. The fourth-order valence-electron chi connectivity index (χ4n) is 3.42. The second-order valence-electron chi connectivity index (χ2n) is 6.50. The predicted molar refractivity (Wildman–Crippen MR) is 91.2 cm³/mol. The van der Waals surface area contributed by atoms with Crippen molar-refractivity contribution < 1.29 is 8.42 Å². The van der Waals surface area contributed by atoms with E-state index in [-0.39, 0.29) is 23.5 Å². The Balaban J connectivity index is 2.11. The average Bonchev–Trinajstić information content (AvgIpc) is 2.93. The molecule has 1 fully saturated rings. The Labute approximate surface area is 134 Å². The number of hydrogen-bond acceptors (Lipinski definition) is 3. The highest BCUT2D eigenvalue weighted by atomic mass is 32.2. The zero-order valence-corrected chi connectivity index (χ0v) is 14.4. The lowest BCUT2D eigenvalue weighted by molar-refractivity contribution is 0.446. The molecule has 124 valence electrons. The molecule has 0 aromatic heterocycles. The van der Waals surface area contributed by atoms with E-state index in [0.717, 1.165) is 12.8 Å². The Morgan fingerprint density at radius 3 is 2.55 bits per heavy atom. The van der Waals surface area contributed by atoms with Gasteiger partial charge in [0.2, 0.25) is 10.0 Å². The van der Waals surface area contributed by atoms with Crippen molar-refractivity contribution in [2.75, 3.05) is 25.4 Å². The maximum Gasteiger partial charge on any atom is 0.214 e. The number of sulfonamides is 1. The van der Waals surface area contributed by atoms with Crippen LogP contribution in [0.1, 0.15) is 38.2 Å². The molecule has 1 unspecified atom stereocenters. The Morgan fingerprint density at radius 1 is 1.27 bits per heavy atom.